The summed E-state index contributed by atoms with van der Waals surface area (Å²) in [6, 6.07) is 15.7. The molecule has 3 rings (SSSR count). The molecule has 1 unspecified atom stereocenters. The summed E-state index contributed by atoms with van der Waals surface area (Å²) < 4.78 is 10.8. The van der Waals surface area contributed by atoms with Gasteiger partial charge in [0.05, 0.1) is 0 Å². The van der Waals surface area contributed by atoms with Crippen LogP contribution in [-0.4, -0.2) is 12.0 Å². The van der Waals surface area contributed by atoms with Gasteiger partial charge in [-0.25, -0.2) is 4.79 Å². The normalized spacial score (nSPS) is 11.9. The molecule has 1 heterocycles. The van der Waals surface area contributed by atoms with Crippen LogP contribution in [0.4, 0.5) is 5.69 Å². The molecule has 1 aromatic heterocycles. The summed E-state index contributed by atoms with van der Waals surface area (Å²) in [5.74, 6) is 0.205. The summed E-state index contributed by atoms with van der Waals surface area (Å²) in [5, 5.41) is 3.59. The standard InChI is InChI=1S/C19H17NO4/c1-12-3-7-15(8-4-12)20-19(22)13(2)23-16-9-5-14-6-10-18(21)24-17(14)11-16/h3-11,13H,1-2H3,(H,20,22). The van der Waals surface area contributed by atoms with Crippen LogP contribution < -0.4 is 15.7 Å². The highest BCUT2D eigenvalue weighted by atomic mass is 16.5. The van der Waals surface area contributed by atoms with Gasteiger partial charge in [-0.05, 0) is 44.2 Å². The van der Waals surface area contributed by atoms with Gasteiger partial charge in [0.1, 0.15) is 11.3 Å². The lowest BCUT2D eigenvalue weighted by Gasteiger charge is -2.15. The second kappa shape index (κ2) is 6.58. The number of fused-ring (bicyclic) bond motifs is 1. The highest BCUT2D eigenvalue weighted by molar-refractivity contribution is 5.94. The van der Waals surface area contributed by atoms with Gasteiger partial charge >= 0.3 is 5.63 Å². The number of rotatable bonds is 4. The zero-order valence-corrected chi connectivity index (χ0v) is 13.4. The predicted molar refractivity (Wildman–Crippen MR) is 92.4 cm³/mol. The maximum Gasteiger partial charge on any atom is 0.336 e. The second-order valence-electron chi connectivity index (χ2n) is 5.57. The number of carbonyl (C=O) groups excluding carboxylic acids is 1. The van der Waals surface area contributed by atoms with E-state index in [1.165, 1.54) is 6.07 Å². The van der Waals surface area contributed by atoms with Crippen molar-refractivity contribution in [2.45, 2.75) is 20.0 Å². The Balaban J connectivity index is 1.71. The number of ether oxygens (including phenoxy) is 1. The van der Waals surface area contributed by atoms with E-state index in [0.717, 1.165) is 10.9 Å². The zero-order valence-electron chi connectivity index (χ0n) is 13.4. The fourth-order valence-corrected chi connectivity index (χ4v) is 2.25. The molecular formula is C19H17NO4. The Morgan fingerprint density at radius 2 is 1.79 bits per heavy atom. The third-order valence-corrected chi connectivity index (χ3v) is 3.60. The average molecular weight is 323 g/mol. The van der Waals surface area contributed by atoms with E-state index < -0.39 is 11.7 Å². The largest absolute Gasteiger partial charge is 0.481 e. The smallest absolute Gasteiger partial charge is 0.336 e. The van der Waals surface area contributed by atoms with Crippen LogP contribution in [-0.2, 0) is 4.79 Å². The van der Waals surface area contributed by atoms with Crippen LogP contribution in [0.15, 0.2) is 63.8 Å². The summed E-state index contributed by atoms with van der Waals surface area (Å²) in [6.45, 7) is 3.64. The van der Waals surface area contributed by atoms with E-state index in [4.69, 9.17) is 9.15 Å². The molecule has 24 heavy (non-hydrogen) atoms. The second-order valence-corrected chi connectivity index (χ2v) is 5.57. The molecule has 0 aliphatic rings. The van der Waals surface area contributed by atoms with Crippen LogP contribution in [0.2, 0.25) is 0 Å². The molecule has 1 atom stereocenters. The van der Waals surface area contributed by atoms with Crippen molar-refractivity contribution in [1.82, 2.24) is 0 Å². The summed E-state index contributed by atoms with van der Waals surface area (Å²) in [6.07, 6.45) is -0.695. The fourth-order valence-electron chi connectivity index (χ4n) is 2.25. The molecule has 5 nitrogen and oxygen atoms in total. The first-order valence-electron chi connectivity index (χ1n) is 7.59. The Labute approximate surface area is 138 Å². The highest BCUT2D eigenvalue weighted by Gasteiger charge is 2.15. The molecule has 2 aromatic carbocycles. The number of hydrogen-bond donors (Lipinski definition) is 1. The number of amides is 1. The molecule has 0 radical (unpaired) electrons. The molecule has 1 amide bonds. The van der Waals surface area contributed by atoms with Crippen LogP contribution >= 0.6 is 0 Å². The van der Waals surface area contributed by atoms with E-state index in [9.17, 15) is 9.59 Å². The number of carbonyl (C=O) groups is 1. The molecule has 0 bridgehead atoms. The fraction of sp³-hybridized carbons (Fsp3) is 0.158. The van der Waals surface area contributed by atoms with Crippen LogP contribution in [0.3, 0.4) is 0 Å². The van der Waals surface area contributed by atoms with Crippen LogP contribution in [0.25, 0.3) is 11.0 Å². The minimum Gasteiger partial charge on any atom is -0.481 e. The molecule has 0 spiro atoms. The van der Waals surface area contributed by atoms with Gasteiger partial charge in [0.25, 0.3) is 5.91 Å². The van der Waals surface area contributed by atoms with Crippen molar-refractivity contribution in [2.75, 3.05) is 5.32 Å². The third kappa shape index (κ3) is 3.63. The van der Waals surface area contributed by atoms with Gasteiger partial charge in [-0.2, -0.15) is 0 Å². The van der Waals surface area contributed by atoms with Crippen LogP contribution in [0.1, 0.15) is 12.5 Å². The van der Waals surface area contributed by atoms with Crippen molar-refractivity contribution < 1.29 is 13.9 Å². The number of anilines is 1. The molecule has 1 N–H and O–H groups in total. The minimum absolute atomic E-state index is 0.256. The molecule has 5 heteroatoms. The first kappa shape index (κ1) is 15.8. The number of aryl methyl sites for hydroxylation is 1. The Kier molecular flexibility index (Phi) is 4.33. The lowest BCUT2D eigenvalue weighted by Crippen LogP contribution is -2.30. The highest BCUT2D eigenvalue weighted by Crippen LogP contribution is 2.21. The summed E-state index contributed by atoms with van der Waals surface area (Å²) >= 11 is 0. The molecule has 3 aromatic rings. The van der Waals surface area contributed by atoms with Gasteiger partial charge in [-0.15, -0.1) is 0 Å². The van der Waals surface area contributed by atoms with Gasteiger partial charge in [-0.3, -0.25) is 4.79 Å². The number of hydrogen-bond acceptors (Lipinski definition) is 4. The average Bonchev–Trinajstić information content (AvgIpc) is 2.56. The van der Waals surface area contributed by atoms with Crippen molar-refractivity contribution in [3.8, 4) is 5.75 Å². The van der Waals surface area contributed by atoms with Gasteiger partial charge < -0.3 is 14.5 Å². The van der Waals surface area contributed by atoms with E-state index in [2.05, 4.69) is 5.32 Å². The summed E-state index contributed by atoms with van der Waals surface area (Å²) in [7, 11) is 0. The first-order chi connectivity index (χ1) is 11.5. The van der Waals surface area contributed by atoms with Crippen LogP contribution in [0, 0.1) is 6.92 Å². The van der Waals surface area contributed by atoms with E-state index in [-0.39, 0.29) is 5.91 Å². The molecule has 0 aliphatic heterocycles. The molecule has 0 saturated carbocycles. The zero-order chi connectivity index (χ0) is 17.1. The van der Waals surface area contributed by atoms with Crippen molar-refractivity contribution in [1.29, 1.82) is 0 Å². The van der Waals surface area contributed by atoms with E-state index in [1.54, 1.807) is 31.2 Å². The van der Waals surface area contributed by atoms with Crippen molar-refractivity contribution in [2.24, 2.45) is 0 Å². The van der Waals surface area contributed by atoms with E-state index in [1.807, 2.05) is 31.2 Å². The number of nitrogens with one attached hydrogen (secondary N) is 1. The van der Waals surface area contributed by atoms with Gasteiger partial charge in [-0.1, -0.05) is 17.7 Å². The number of benzene rings is 2. The lowest BCUT2D eigenvalue weighted by molar-refractivity contribution is -0.122. The lowest BCUT2D eigenvalue weighted by atomic mass is 10.2. The van der Waals surface area contributed by atoms with E-state index >= 15 is 0 Å². The Morgan fingerprint density at radius 1 is 1.08 bits per heavy atom. The molecular weight excluding hydrogens is 306 g/mol. The first-order valence-corrected chi connectivity index (χ1v) is 7.59. The van der Waals surface area contributed by atoms with E-state index in [0.29, 0.717) is 17.0 Å². The van der Waals surface area contributed by atoms with Gasteiger partial charge in [0.15, 0.2) is 6.10 Å². The topological polar surface area (TPSA) is 68.5 Å². The SMILES string of the molecule is Cc1ccc(NC(=O)C(C)Oc2ccc3ccc(=O)oc3c2)cc1. The minimum atomic E-state index is -0.695. The third-order valence-electron chi connectivity index (χ3n) is 3.60. The van der Waals surface area contributed by atoms with Crippen molar-refractivity contribution in [3.05, 3.63) is 70.6 Å². The molecule has 0 aliphatic carbocycles. The maximum atomic E-state index is 12.2. The van der Waals surface area contributed by atoms with Gasteiger partial charge in [0, 0.05) is 23.2 Å². The monoisotopic (exact) mass is 323 g/mol. The summed E-state index contributed by atoms with van der Waals surface area (Å²) in [4.78, 5) is 23.5. The van der Waals surface area contributed by atoms with Gasteiger partial charge in [0.2, 0.25) is 0 Å². The summed E-state index contributed by atoms with van der Waals surface area (Å²) in [5.41, 5.74) is 1.83. The predicted octanol–water partition coefficient (Wildman–Crippen LogP) is 3.51. The van der Waals surface area contributed by atoms with Crippen molar-refractivity contribution >= 4 is 22.6 Å². The quantitative estimate of drug-likeness (QED) is 0.746. The van der Waals surface area contributed by atoms with Crippen LogP contribution in [0.5, 0.6) is 5.75 Å². The molecule has 0 saturated heterocycles. The Morgan fingerprint density at radius 3 is 2.54 bits per heavy atom. The Bertz CT molecular complexity index is 928. The maximum absolute atomic E-state index is 12.2. The van der Waals surface area contributed by atoms with Crippen molar-refractivity contribution in [3.63, 3.8) is 0 Å². The Hall–Kier alpha value is -3.08. The molecule has 0 fully saturated rings. The molecule has 122 valence electrons.